The highest BCUT2D eigenvalue weighted by atomic mass is 16.3. The summed E-state index contributed by atoms with van der Waals surface area (Å²) in [6.07, 6.45) is 5.28. The predicted molar refractivity (Wildman–Crippen MR) is 78.0 cm³/mol. The SMILES string of the molecule is O=C(NC(CCCO)c1ccccc1)C1C2CCCC21. The number of carbonyl (C=O) groups is 1. The molecule has 0 bridgehead atoms. The molecule has 2 N–H and O–H groups in total. The lowest BCUT2D eigenvalue weighted by Crippen LogP contribution is -2.31. The molecule has 2 aliphatic carbocycles. The molecule has 108 valence electrons. The van der Waals surface area contributed by atoms with Gasteiger partial charge < -0.3 is 10.4 Å². The van der Waals surface area contributed by atoms with Gasteiger partial charge in [0.1, 0.15) is 0 Å². The molecule has 3 unspecified atom stereocenters. The molecule has 1 aromatic rings. The van der Waals surface area contributed by atoms with Crippen LogP contribution >= 0.6 is 0 Å². The van der Waals surface area contributed by atoms with Gasteiger partial charge in [0.05, 0.1) is 6.04 Å². The Kier molecular flexibility index (Phi) is 4.06. The number of aliphatic hydroxyl groups is 1. The molecule has 1 aromatic carbocycles. The van der Waals surface area contributed by atoms with Gasteiger partial charge in [0.25, 0.3) is 0 Å². The summed E-state index contributed by atoms with van der Waals surface area (Å²) >= 11 is 0. The highest BCUT2D eigenvalue weighted by Crippen LogP contribution is 2.57. The van der Waals surface area contributed by atoms with E-state index >= 15 is 0 Å². The number of nitrogens with one attached hydrogen (secondary N) is 1. The maximum absolute atomic E-state index is 12.4. The van der Waals surface area contributed by atoms with Crippen molar-refractivity contribution >= 4 is 5.91 Å². The Morgan fingerprint density at radius 2 is 1.95 bits per heavy atom. The Morgan fingerprint density at radius 3 is 2.60 bits per heavy atom. The molecule has 2 aliphatic rings. The van der Waals surface area contributed by atoms with Crippen LogP contribution in [0.25, 0.3) is 0 Å². The van der Waals surface area contributed by atoms with Gasteiger partial charge in [-0.3, -0.25) is 4.79 Å². The van der Waals surface area contributed by atoms with Crippen LogP contribution in [0.5, 0.6) is 0 Å². The topological polar surface area (TPSA) is 49.3 Å². The Hall–Kier alpha value is -1.35. The van der Waals surface area contributed by atoms with E-state index in [1.807, 2.05) is 18.2 Å². The van der Waals surface area contributed by atoms with E-state index in [0.717, 1.165) is 18.4 Å². The highest BCUT2D eigenvalue weighted by molar-refractivity contribution is 5.82. The molecule has 0 aliphatic heterocycles. The first kappa shape index (κ1) is 13.6. The van der Waals surface area contributed by atoms with Crippen molar-refractivity contribution in [3.8, 4) is 0 Å². The van der Waals surface area contributed by atoms with E-state index in [1.54, 1.807) is 0 Å². The van der Waals surface area contributed by atoms with Gasteiger partial charge in [-0.25, -0.2) is 0 Å². The van der Waals surface area contributed by atoms with Crippen molar-refractivity contribution in [2.75, 3.05) is 6.61 Å². The van der Waals surface area contributed by atoms with Gasteiger partial charge in [0.2, 0.25) is 5.91 Å². The number of benzene rings is 1. The van der Waals surface area contributed by atoms with Crippen LogP contribution in [0.15, 0.2) is 30.3 Å². The van der Waals surface area contributed by atoms with Crippen molar-refractivity contribution in [2.24, 2.45) is 17.8 Å². The van der Waals surface area contributed by atoms with Crippen LogP contribution in [0.1, 0.15) is 43.7 Å². The van der Waals surface area contributed by atoms with Crippen molar-refractivity contribution in [3.05, 3.63) is 35.9 Å². The lowest BCUT2D eigenvalue weighted by Gasteiger charge is -2.19. The summed E-state index contributed by atoms with van der Waals surface area (Å²) in [6.45, 7) is 0.174. The van der Waals surface area contributed by atoms with Crippen LogP contribution < -0.4 is 5.32 Å². The minimum absolute atomic E-state index is 0.0391. The molecule has 0 spiro atoms. The van der Waals surface area contributed by atoms with Gasteiger partial charge in [-0.05, 0) is 43.1 Å². The van der Waals surface area contributed by atoms with E-state index in [4.69, 9.17) is 5.11 Å². The van der Waals surface area contributed by atoms with Crippen LogP contribution in [0.4, 0.5) is 0 Å². The van der Waals surface area contributed by atoms with E-state index in [-0.39, 0.29) is 24.5 Å². The quantitative estimate of drug-likeness (QED) is 0.837. The van der Waals surface area contributed by atoms with E-state index in [2.05, 4.69) is 17.4 Å². The Morgan fingerprint density at radius 1 is 1.25 bits per heavy atom. The number of carbonyl (C=O) groups excluding carboxylic acids is 1. The molecule has 2 fully saturated rings. The summed E-state index contributed by atoms with van der Waals surface area (Å²) in [5, 5.41) is 12.2. The Balaban J connectivity index is 1.62. The van der Waals surface area contributed by atoms with E-state index < -0.39 is 0 Å². The molecular formula is C17H23NO2. The van der Waals surface area contributed by atoms with E-state index in [9.17, 15) is 4.79 Å². The molecule has 1 amide bonds. The lowest BCUT2D eigenvalue weighted by atomic mass is 10.0. The fourth-order valence-electron chi connectivity index (χ4n) is 3.78. The Labute approximate surface area is 120 Å². The predicted octanol–water partition coefficient (Wildman–Crippen LogP) is 2.66. The first-order valence-electron chi connectivity index (χ1n) is 7.77. The van der Waals surface area contributed by atoms with Gasteiger partial charge in [-0.15, -0.1) is 0 Å². The van der Waals surface area contributed by atoms with Crippen LogP contribution in [0.2, 0.25) is 0 Å². The molecule has 0 aromatic heterocycles. The monoisotopic (exact) mass is 273 g/mol. The average Bonchev–Trinajstić information content (AvgIpc) is 2.97. The number of aliphatic hydroxyl groups excluding tert-OH is 1. The third kappa shape index (κ3) is 2.73. The minimum atomic E-state index is 0.0391. The normalized spacial score (nSPS) is 28.8. The average molecular weight is 273 g/mol. The third-order valence-corrected chi connectivity index (χ3v) is 4.88. The Bertz CT molecular complexity index is 449. The van der Waals surface area contributed by atoms with Crippen molar-refractivity contribution in [2.45, 2.75) is 38.1 Å². The van der Waals surface area contributed by atoms with Crippen molar-refractivity contribution < 1.29 is 9.90 Å². The summed E-state index contributed by atoms with van der Waals surface area (Å²) in [7, 11) is 0. The van der Waals surface area contributed by atoms with Crippen LogP contribution in [0.3, 0.4) is 0 Å². The minimum Gasteiger partial charge on any atom is -0.396 e. The maximum Gasteiger partial charge on any atom is 0.224 e. The number of fused-ring (bicyclic) bond motifs is 1. The number of amides is 1. The summed E-state index contributed by atoms with van der Waals surface area (Å²) in [5.74, 6) is 1.81. The van der Waals surface area contributed by atoms with E-state index in [0.29, 0.717) is 11.8 Å². The number of rotatable bonds is 6. The second-order valence-electron chi connectivity index (χ2n) is 6.12. The summed E-state index contributed by atoms with van der Waals surface area (Å²) in [4.78, 5) is 12.4. The molecular weight excluding hydrogens is 250 g/mol. The summed E-state index contributed by atoms with van der Waals surface area (Å²) < 4.78 is 0. The van der Waals surface area contributed by atoms with Gasteiger partial charge >= 0.3 is 0 Å². The van der Waals surface area contributed by atoms with Crippen molar-refractivity contribution in [1.29, 1.82) is 0 Å². The molecule has 0 heterocycles. The zero-order chi connectivity index (χ0) is 13.9. The smallest absolute Gasteiger partial charge is 0.224 e. The zero-order valence-corrected chi connectivity index (χ0v) is 11.8. The molecule has 3 atom stereocenters. The third-order valence-electron chi connectivity index (χ3n) is 4.88. The fourth-order valence-corrected chi connectivity index (χ4v) is 3.78. The summed E-state index contributed by atoms with van der Waals surface area (Å²) in [6, 6.07) is 10.1. The first-order valence-corrected chi connectivity index (χ1v) is 7.77. The molecule has 3 heteroatoms. The zero-order valence-electron chi connectivity index (χ0n) is 11.8. The molecule has 3 nitrogen and oxygen atoms in total. The fraction of sp³-hybridized carbons (Fsp3) is 0.588. The van der Waals surface area contributed by atoms with Crippen molar-refractivity contribution in [1.82, 2.24) is 5.32 Å². The largest absolute Gasteiger partial charge is 0.396 e. The van der Waals surface area contributed by atoms with Crippen LogP contribution in [-0.4, -0.2) is 17.6 Å². The number of hydrogen-bond donors (Lipinski definition) is 2. The second-order valence-corrected chi connectivity index (χ2v) is 6.12. The van der Waals surface area contributed by atoms with Gasteiger partial charge in [-0.1, -0.05) is 36.8 Å². The summed E-state index contributed by atoms with van der Waals surface area (Å²) in [5.41, 5.74) is 1.14. The van der Waals surface area contributed by atoms with Gasteiger partial charge in [-0.2, -0.15) is 0 Å². The number of hydrogen-bond acceptors (Lipinski definition) is 2. The van der Waals surface area contributed by atoms with Gasteiger partial charge in [0, 0.05) is 12.5 Å². The molecule has 20 heavy (non-hydrogen) atoms. The van der Waals surface area contributed by atoms with E-state index in [1.165, 1.54) is 19.3 Å². The second kappa shape index (κ2) is 5.96. The standard InChI is InChI=1S/C17H23NO2/c19-11-5-10-15(12-6-2-1-3-7-12)18-17(20)16-13-8-4-9-14(13)16/h1-3,6-7,13-16,19H,4-5,8-11H2,(H,18,20). The molecule has 3 rings (SSSR count). The van der Waals surface area contributed by atoms with Crippen LogP contribution in [0, 0.1) is 17.8 Å². The highest BCUT2D eigenvalue weighted by Gasteiger charge is 2.56. The lowest BCUT2D eigenvalue weighted by molar-refractivity contribution is -0.123. The van der Waals surface area contributed by atoms with Gasteiger partial charge in [0.15, 0.2) is 0 Å². The van der Waals surface area contributed by atoms with Crippen molar-refractivity contribution in [3.63, 3.8) is 0 Å². The molecule has 0 saturated heterocycles. The van der Waals surface area contributed by atoms with Crippen LogP contribution in [-0.2, 0) is 4.79 Å². The maximum atomic E-state index is 12.4. The molecule has 2 saturated carbocycles. The first-order chi connectivity index (χ1) is 9.81. The molecule has 0 radical (unpaired) electrons.